The van der Waals surface area contributed by atoms with Crippen molar-refractivity contribution >= 4 is 23.2 Å². The topological polar surface area (TPSA) is 81.7 Å². The first-order valence-corrected chi connectivity index (χ1v) is 7.47. The lowest BCUT2D eigenvalue weighted by molar-refractivity contribution is -0.137. The van der Waals surface area contributed by atoms with Gasteiger partial charge in [-0.2, -0.15) is 0 Å². The number of aliphatic hydroxyl groups excluding tert-OH is 1. The smallest absolute Gasteiger partial charge is 0.277 e. The van der Waals surface area contributed by atoms with Crippen LogP contribution in [-0.4, -0.2) is 41.5 Å². The van der Waals surface area contributed by atoms with Crippen LogP contribution in [0.5, 0.6) is 0 Å². The van der Waals surface area contributed by atoms with Gasteiger partial charge in [-0.05, 0) is 30.9 Å². The molecule has 1 aliphatic heterocycles. The number of imide groups is 1. The van der Waals surface area contributed by atoms with Gasteiger partial charge in [-0.3, -0.25) is 14.5 Å². The fourth-order valence-electron chi connectivity index (χ4n) is 2.38. The Kier molecular flexibility index (Phi) is 4.11. The molecule has 0 aromatic heterocycles. The Hall–Kier alpha value is -2.34. The summed E-state index contributed by atoms with van der Waals surface area (Å²) in [5, 5.41) is 15.3. The molecule has 1 saturated carbocycles. The highest BCUT2D eigenvalue weighted by Gasteiger charge is 2.31. The zero-order valence-electron chi connectivity index (χ0n) is 12.2. The number of carbonyl (C=O) groups is 2. The van der Waals surface area contributed by atoms with Crippen molar-refractivity contribution in [3.05, 3.63) is 36.0 Å². The largest absolute Gasteiger partial charge is 0.395 e. The third kappa shape index (κ3) is 3.12. The van der Waals surface area contributed by atoms with Gasteiger partial charge >= 0.3 is 0 Å². The monoisotopic (exact) mass is 301 g/mol. The number of carbonyl (C=O) groups excluding carboxylic acids is 2. The van der Waals surface area contributed by atoms with Crippen LogP contribution in [0.1, 0.15) is 12.8 Å². The molecule has 1 heterocycles. The zero-order chi connectivity index (χ0) is 15.5. The van der Waals surface area contributed by atoms with Gasteiger partial charge in [0.25, 0.3) is 11.8 Å². The summed E-state index contributed by atoms with van der Waals surface area (Å²) in [5.41, 5.74) is 1.91. The Labute approximate surface area is 128 Å². The number of β-amino-alcohol motifs (C(OH)–C–C–N with tert-alkyl or cyclic N) is 1. The normalized spacial score (nSPS) is 17.7. The highest BCUT2D eigenvalue weighted by molar-refractivity contribution is 6.17. The van der Waals surface area contributed by atoms with E-state index < -0.39 is 11.8 Å². The minimum absolute atomic E-state index is 0.0148. The molecule has 0 saturated heterocycles. The van der Waals surface area contributed by atoms with Gasteiger partial charge in [0.15, 0.2) is 0 Å². The summed E-state index contributed by atoms with van der Waals surface area (Å²) < 4.78 is 0. The Morgan fingerprint density at radius 2 is 1.91 bits per heavy atom. The van der Waals surface area contributed by atoms with Gasteiger partial charge in [-0.1, -0.05) is 12.1 Å². The summed E-state index contributed by atoms with van der Waals surface area (Å²) in [6.07, 6.45) is 3.80. The van der Waals surface area contributed by atoms with Gasteiger partial charge in [0.1, 0.15) is 5.70 Å². The van der Waals surface area contributed by atoms with Crippen LogP contribution < -0.4 is 10.6 Å². The van der Waals surface area contributed by atoms with E-state index in [0.717, 1.165) is 28.7 Å². The Morgan fingerprint density at radius 3 is 2.59 bits per heavy atom. The minimum Gasteiger partial charge on any atom is -0.395 e. The number of benzene rings is 1. The lowest BCUT2D eigenvalue weighted by Crippen LogP contribution is -2.34. The summed E-state index contributed by atoms with van der Waals surface area (Å²) in [5.74, 6) is -0.0666. The fourth-order valence-corrected chi connectivity index (χ4v) is 2.38. The molecular formula is C16H19N3O3. The lowest BCUT2D eigenvalue weighted by Gasteiger charge is -2.15. The maximum absolute atomic E-state index is 12.1. The molecule has 2 amide bonds. The molecule has 3 rings (SSSR count). The molecule has 2 aliphatic rings. The second-order valence-corrected chi connectivity index (χ2v) is 5.57. The van der Waals surface area contributed by atoms with E-state index in [1.165, 1.54) is 18.9 Å². The van der Waals surface area contributed by atoms with Crippen molar-refractivity contribution in [1.29, 1.82) is 0 Å². The van der Waals surface area contributed by atoms with Gasteiger partial charge < -0.3 is 15.7 Å². The average Bonchev–Trinajstić information content (AvgIpc) is 3.30. The van der Waals surface area contributed by atoms with Gasteiger partial charge in [-0.15, -0.1) is 0 Å². The molecule has 1 aromatic carbocycles. The van der Waals surface area contributed by atoms with Crippen molar-refractivity contribution in [1.82, 2.24) is 4.90 Å². The zero-order valence-corrected chi connectivity index (χ0v) is 12.2. The van der Waals surface area contributed by atoms with E-state index in [0.29, 0.717) is 0 Å². The Bertz CT molecular complexity index is 623. The average molecular weight is 301 g/mol. The predicted octanol–water partition coefficient (Wildman–Crippen LogP) is 1.17. The highest BCUT2D eigenvalue weighted by Crippen LogP contribution is 2.31. The Balaban J connectivity index is 1.71. The second-order valence-electron chi connectivity index (χ2n) is 5.57. The fraction of sp³-hybridized carbons (Fsp3) is 0.375. The first-order valence-electron chi connectivity index (χ1n) is 7.47. The molecule has 1 aliphatic carbocycles. The number of para-hydroxylation sites is 2. The number of anilines is 2. The van der Waals surface area contributed by atoms with Crippen LogP contribution in [0.3, 0.4) is 0 Å². The van der Waals surface area contributed by atoms with Crippen LogP contribution in [0.25, 0.3) is 0 Å². The van der Waals surface area contributed by atoms with Crippen LogP contribution in [0.4, 0.5) is 11.4 Å². The molecule has 0 spiro atoms. The molecule has 1 aromatic rings. The third-order valence-corrected chi connectivity index (χ3v) is 3.81. The molecule has 3 N–H and O–H groups in total. The number of aliphatic hydroxyl groups is 1. The highest BCUT2D eigenvalue weighted by atomic mass is 16.3. The molecule has 1 fully saturated rings. The van der Waals surface area contributed by atoms with Crippen molar-refractivity contribution in [3.63, 3.8) is 0 Å². The molecule has 22 heavy (non-hydrogen) atoms. The van der Waals surface area contributed by atoms with E-state index in [1.807, 2.05) is 24.3 Å². The number of hydrogen-bond donors (Lipinski definition) is 3. The molecular weight excluding hydrogens is 282 g/mol. The van der Waals surface area contributed by atoms with Crippen LogP contribution in [0, 0.1) is 5.92 Å². The molecule has 0 unspecified atom stereocenters. The van der Waals surface area contributed by atoms with E-state index in [2.05, 4.69) is 10.6 Å². The standard InChI is InChI=1S/C16H19N3O3/c20-8-7-19-15(21)9-14(16(19)22)18-13-4-2-1-3-12(13)17-10-11-5-6-11/h1-4,9,11,17-18,20H,5-8,10H2. The van der Waals surface area contributed by atoms with E-state index in [4.69, 9.17) is 5.11 Å². The van der Waals surface area contributed by atoms with E-state index in [9.17, 15) is 9.59 Å². The Morgan fingerprint density at radius 1 is 1.18 bits per heavy atom. The van der Waals surface area contributed by atoms with Gasteiger partial charge in [-0.25, -0.2) is 0 Å². The molecule has 6 heteroatoms. The van der Waals surface area contributed by atoms with E-state index in [1.54, 1.807) is 0 Å². The number of nitrogens with zero attached hydrogens (tertiary/aromatic N) is 1. The van der Waals surface area contributed by atoms with Crippen LogP contribution in [-0.2, 0) is 9.59 Å². The molecule has 0 radical (unpaired) electrons. The number of nitrogens with one attached hydrogen (secondary N) is 2. The van der Waals surface area contributed by atoms with Gasteiger partial charge in [0, 0.05) is 12.6 Å². The van der Waals surface area contributed by atoms with Crippen LogP contribution in [0.2, 0.25) is 0 Å². The quantitative estimate of drug-likeness (QED) is 0.659. The van der Waals surface area contributed by atoms with E-state index >= 15 is 0 Å². The number of amides is 2. The molecule has 116 valence electrons. The minimum atomic E-state index is -0.406. The maximum atomic E-state index is 12.1. The SMILES string of the molecule is O=C1C=C(Nc2ccccc2NCC2CC2)C(=O)N1CCO. The van der Waals surface area contributed by atoms with Crippen LogP contribution >= 0.6 is 0 Å². The summed E-state index contributed by atoms with van der Waals surface area (Å²) in [6.45, 7) is 0.695. The molecule has 0 bridgehead atoms. The first-order chi connectivity index (χ1) is 10.7. The van der Waals surface area contributed by atoms with E-state index in [-0.39, 0.29) is 18.8 Å². The number of rotatable bonds is 7. The lowest BCUT2D eigenvalue weighted by atomic mass is 10.2. The van der Waals surface area contributed by atoms with Gasteiger partial charge in [0.05, 0.1) is 24.5 Å². The van der Waals surface area contributed by atoms with Crippen molar-refractivity contribution in [2.45, 2.75) is 12.8 Å². The number of hydrogen-bond acceptors (Lipinski definition) is 5. The predicted molar refractivity (Wildman–Crippen MR) is 83.2 cm³/mol. The molecule has 6 nitrogen and oxygen atoms in total. The molecule has 0 atom stereocenters. The first kappa shape index (κ1) is 14.6. The summed E-state index contributed by atoms with van der Waals surface area (Å²) >= 11 is 0. The van der Waals surface area contributed by atoms with Crippen molar-refractivity contribution in [2.75, 3.05) is 30.3 Å². The van der Waals surface area contributed by atoms with Crippen molar-refractivity contribution in [2.24, 2.45) is 5.92 Å². The van der Waals surface area contributed by atoms with Gasteiger partial charge in [0.2, 0.25) is 0 Å². The maximum Gasteiger partial charge on any atom is 0.277 e. The summed E-state index contributed by atoms with van der Waals surface area (Å²) in [4.78, 5) is 24.9. The summed E-state index contributed by atoms with van der Waals surface area (Å²) in [6, 6.07) is 7.60. The van der Waals surface area contributed by atoms with Crippen LogP contribution in [0.15, 0.2) is 36.0 Å². The summed E-state index contributed by atoms with van der Waals surface area (Å²) in [7, 11) is 0. The second kappa shape index (κ2) is 6.19. The van der Waals surface area contributed by atoms with Crippen molar-refractivity contribution in [3.8, 4) is 0 Å². The van der Waals surface area contributed by atoms with Crippen molar-refractivity contribution < 1.29 is 14.7 Å². The third-order valence-electron chi connectivity index (χ3n) is 3.81.